The first-order valence-electron chi connectivity index (χ1n) is 6.91. The van der Waals surface area contributed by atoms with Crippen LogP contribution in [0.1, 0.15) is 32.1 Å². The van der Waals surface area contributed by atoms with Crippen LogP contribution in [0.3, 0.4) is 0 Å². The van der Waals surface area contributed by atoms with Crippen LogP contribution in [0.25, 0.3) is 0 Å². The minimum atomic E-state index is -3.84. The topological polar surface area (TPSA) is 83.5 Å². The Morgan fingerprint density at radius 2 is 1.76 bits per heavy atom. The Bertz CT molecular complexity index is 600. The van der Waals surface area contributed by atoms with Gasteiger partial charge in [0.05, 0.1) is 10.8 Å². The molecule has 1 saturated carbocycles. The van der Waals surface area contributed by atoms with Gasteiger partial charge in [-0.25, -0.2) is 17.5 Å². The molecule has 0 spiro atoms. The molecule has 1 aliphatic rings. The molecular weight excluding hydrogens is 297 g/mol. The maximum absolute atomic E-state index is 12.9. The molecule has 0 aliphatic heterocycles. The smallest absolute Gasteiger partial charge is 0.308 e. The van der Waals surface area contributed by atoms with Crippen molar-refractivity contribution in [2.75, 3.05) is 0 Å². The quantitative estimate of drug-likeness (QED) is 0.834. The van der Waals surface area contributed by atoms with E-state index in [4.69, 9.17) is 0 Å². The highest BCUT2D eigenvalue weighted by Crippen LogP contribution is 2.25. The summed E-state index contributed by atoms with van der Waals surface area (Å²) in [5.41, 5.74) is 0. The van der Waals surface area contributed by atoms with E-state index in [2.05, 4.69) is 4.72 Å². The molecule has 1 fully saturated rings. The molecule has 1 aliphatic carbocycles. The lowest BCUT2D eigenvalue weighted by Crippen LogP contribution is -2.42. The molecular formula is C14H18FNO4S. The van der Waals surface area contributed by atoms with Crippen LogP contribution in [-0.2, 0) is 14.8 Å². The summed E-state index contributed by atoms with van der Waals surface area (Å²) < 4.78 is 39.9. The van der Waals surface area contributed by atoms with Crippen LogP contribution in [0.2, 0.25) is 0 Å². The highest BCUT2D eigenvalue weighted by molar-refractivity contribution is 7.89. The Balaban J connectivity index is 2.20. The first-order valence-corrected chi connectivity index (χ1v) is 8.39. The third-order valence-electron chi connectivity index (χ3n) is 3.76. The summed E-state index contributed by atoms with van der Waals surface area (Å²) in [6.45, 7) is 0. The zero-order valence-electron chi connectivity index (χ0n) is 11.5. The second-order valence-corrected chi connectivity index (χ2v) is 6.98. The summed E-state index contributed by atoms with van der Waals surface area (Å²) in [6, 6.07) is 3.85. The maximum Gasteiger partial charge on any atom is 0.308 e. The van der Waals surface area contributed by atoms with Gasteiger partial charge in [0, 0.05) is 6.04 Å². The molecule has 0 radical (unpaired) electrons. The van der Waals surface area contributed by atoms with Crippen LogP contribution < -0.4 is 4.72 Å². The van der Waals surface area contributed by atoms with E-state index in [0.717, 1.165) is 31.4 Å². The average Bonchev–Trinajstić information content (AvgIpc) is 2.64. The van der Waals surface area contributed by atoms with Gasteiger partial charge in [-0.1, -0.05) is 19.3 Å². The van der Waals surface area contributed by atoms with Crippen LogP contribution in [-0.4, -0.2) is 25.5 Å². The van der Waals surface area contributed by atoms with Gasteiger partial charge in [0.2, 0.25) is 10.0 Å². The Labute approximate surface area is 123 Å². The van der Waals surface area contributed by atoms with Gasteiger partial charge in [-0.2, -0.15) is 0 Å². The van der Waals surface area contributed by atoms with Crippen LogP contribution in [0, 0.1) is 11.7 Å². The van der Waals surface area contributed by atoms with Crippen molar-refractivity contribution in [1.29, 1.82) is 0 Å². The highest BCUT2D eigenvalue weighted by Gasteiger charge is 2.32. The summed E-state index contributed by atoms with van der Waals surface area (Å²) in [5, 5.41) is 9.25. The number of carboxylic acid groups (broad SMARTS) is 1. The van der Waals surface area contributed by atoms with Crippen LogP contribution >= 0.6 is 0 Å². The molecule has 21 heavy (non-hydrogen) atoms. The molecule has 0 bridgehead atoms. The SMILES string of the molecule is O=C(O)C1CCCCCC1NS(=O)(=O)c1ccc(F)cc1. The van der Waals surface area contributed by atoms with E-state index in [1.54, 1.807) is 0 Å². The van der Waals surface area contributed by atoms with E-state index in [0.29, 0.717) is 12.8 Å². The normalized spacial score (nSPS) is 23.5. The first-order chi connectivity index (χ1) is 9.90. The van der Waals surface area contributed by atoms with Crippen molar-refractivity contribution in [3.63, 3.8) is 0 Å². The lowest BCUT2D eigenvalue weighted by Gasteiger charge is -2.22. The zero-order chi connectivity index (χ0) is 15.5. The summed E-state index contributed by atoms with van der Waals surface area (Å²) in [7, 11) is -3.84. The number of hydrogen-bond donors (Lipinski definition) is 2. The van der Waals surface area contributed by atoms with Crippen molar-refractivity contribution >= 4 is 16.0 Å². The van der Waals surface area contributed by atoms with Crippen molar-refractivity contribution in [3.05, 3.63) is 30.1 Å². The second kappa shape index (κ2) is 6.53. The van der Waals surface area contributed by atoms with Gasteiger partial charge in [0.1, 0.15) is 5.82 Å². The van der Waals surface area contributed by atoms with Gasteiger partial charge >= 0.3 is 5.97 Å². The van der Waals surface area contributed by atoms with Crippen molar-refractivity contribution in [1.82, 2.24) is 4.72 Å². The summed E-state index contributed by atoms with van der Waals surface area (Å²) in [4.78, 5) is 11.2. The summed E-state index contributed by atoms with van der Waals surface area (Å²) in [6.07, 6.45) is 3.44. The second-order valence-electron chi connectivity index (χ2n) is 5.26. The lowest BCUT2D eigenvalue weighted by molar-refractivity contribution is -0.142. The molecule has 0 heterocycles. The predicted molar refractivity (Wildman–Crippen MR) is 74.7 cm³/mol. The molecule has 1 aromatic carbocycles. The van der Waals surface area contributed by atoms with Gasteiger partial charge < -0.3 is 5.11 Å². The number of aliphatic carboxylic acids is 1. The van der Waals surface area contributed by atoms with Crippen molar-refractivity contribution in [2.45, 2.75) is 43.0 Å². The van der Waals surface area contributed by atoms with Crippen LogP contribution in [0.15, 0.2) is 29.2 Å². The Hall–Kier alpha value is -1.47. The average molecular weight is 315 g/mol. The van der Waals surface area contributed by atoms with E-state index < -0.39 is 33.8 Å². The number of hydrogen-bond acceptors (Lipinski definition) is 3. The third-order valence-corrected chi connectivity index (χ3v) is 5.27. The number of benzene rings is 1. The van der Waals surface area contributed by atoms with E-state index in [1.165, 1.54) is 12.1 Å². The molecule has 2 atom stereocenters. The number of nitrogens with one attached hydrogen (secondary N) is 1. The van der Waals surface area contributed by atoms with Gasteiger partial charge in [0.15, 0.2) is 0 Å². The van der Waals surface area contributed by atoms with Gasteiger partial charge in [-0.05, 0) is 37.1 Å². The fraction of sp³-hybridized carbons (Fsp3) is 0.500. The molecule has 1 aromatic rings. The molecule has 7 heteroatoms. The number of sulfonamides is 1. The molecule has 2 rings (SSSR count). The number of rotatable bonds is 4. The summed E-state index contributed by atoms with van der Waals surface area (Å²) >= 11 is 0. The minimum Gasteiger partial charge on any atom is -0.481 e. The van der Waals surface area contributed by atoms with E-state index in [1.807, 2.05) is 0 Å². The molecule has 0 amide bonds. The molecule has 116 valence electrons. The third kappa shape index (κ3) is 4.01. The number of carbonyl (C=O) groups is 1. The fourth-order valence-corrected chi connectivity index (χ4v) is 3.94. The molecule has 5 nitrogen and oxygen atoms in total. The predicted octanol–water partition coefficient (Wildman–Crippen LogP) is 2.14. The molecule has 0 aromatic heterocycles. The molecule has 2 N–H and O–H groups in total. The Morgan fingerprint density at radius 3 is 2.38 bits per heavy atom. The monoisotopic (exact) mass is 315 g/mol. The van der Waals surface area contributed by atoms with Gasteiger partial charge in [0.25, 0.3) is 0 Å². The van der Waals surface area contributed by atoms with Crippen molar-refractivity contribution in [2.24, 2.45) is 5.92 Å². The van der Waals surface area contributed by atoms with Crippen molar-refractivity contribution < 1.29 is 22.7 Å². The molecule has 0 saturated heterocycles. The largest absolute Gasteiger partial charge is 0.481 e. The standard InChI is InChI=1S/C14H18FNO4S/c15-10-6-8-11(9-7-10)21(19,20)16-13-5-3-1-2-4-12(13)14(17)18/h6-9,12-13,16H,1-5H2,(H,17,18). The van der Waals surface area contributed by atoms with E-state index in [9.17, 15) is 22.7 Å². The first kappa shape index (κ1) is 15.9. The Kier molecular flexibility index (Phi) is 4.95. The Morgan fingerprint density at radius 1 is 1.14 bits per heavy atom. The minimum absolute atomic E-state index is 0.0581. The van der Waals surface area contributed by atoms with Crippen LogP contribution in [0.5, 0.6) is 0 Å². The highest BCUT2D eigenvalue weighted by atomic mass is 32.2. The van der Waals surface area contributed by atoms with Crippen molar-refractivity contribution in [3.8, 4) is 0 Å². The lowest BCUT2D eigenvalue weighted by atomic mass is 9.96. The number of carboxylic acids is 1. The zero-order valence-corrected chi connectivity index (χ0v) is 12.3. The number of halogens is 1. The van der Waals surface area contributed by atoms with Gasteiger partial charge in [-0.15, -0.1) is 0 Å². The van der Waals surface area contributed by atoms with E-state index in [-0.39, 0.29) is 4.90 Å². The van der Waals surface area contributed by atoms with E-state index >= 15 is 0 Å². The molecule has 2 unspecified atom stereocenters. The van der Waals surface area contributed by atoms with Gasteiger partial charge in [-0.3, -0.25) is 4.79 Å². The summed E-state index contributed by atoms with van der Waals surface area (Å²) in [5.74, 6) is -2.22. The maximum atomic E-state index is 12.9. The van der Waals surface area contributed by atoms with Crippen LogP contribution in [0.4, 0.5) is 4.39 Å². The fourth-order valence-electron chi connectivity index (χ4n) is 2.63.